The highest BCUT2D eigenvalue weighted by molar-refractivity contribution is 5.92. The number of hydrogen-bond donors (Lipinski definition) is 1. The van der Waals surface area contributed by atoms with Gasteiger partial charge in [-0.15, -0.1) is 0 Å². The second kappa shape index (κ2) is 4.01. The summed E-state index contributed by atoms with van der Waals surface area (Å²) >= 11 is 0. The van der Waals surface area contributed by atoms with E-state index >= 15 is 0 Å². The summed E-state index contributed by atoms with van der Waals surface area (Å²) in [6.07, 6.45) is 2.21. The van der Waals surface area contributed by atoms with Crippen LogP contribution < -0.4 is 5.32 Å². The maximum Gasteiger partial charge on any atom is 0.322 e. The lowest BCUT2D eigenvalue weighted by molar-refractivity contribution is -0.214. The van der Waals surface area contributed by atoms with Gasteiger partial charge in [0.25, 0.3) is 0 Å². The Kier molecular flexibility index (Phi) is 2.51. The SMILES string of the molecule is CC1(C)O[C@]2(C)CC[C@@H]1[C@@H]1[C@@H]2N1C(=O)Nc1ccccc1. The first kappa shape index (κ1) is 13.1. The first-order chi connectivity index (χ1) is 9.92. The van der Waals surface area contributed by atoms with Crippen LogP contribution in [0.1, 0.15) is 33.6 Å². The minimum atomic E-state index is -0.184. The zero-order chi connectivity index (χ0) is 14.8. The summed E-state index contributed by atoms with van der Waals surface area (Å²) in [5.74, 6) is 0.450. The molecule has 4 aliphatic rings. The smallest absolute Gasteiger partial charge is 0.322 e. The average Bonchev–Trinajstić information content (AvgIpc) is 3.15. The molecule has 3 saturated heterocycles. The molecule has 1 aromatic carbocycles. The van der Waals surface area contributed by atoms with Crippen LogP contribution in [0, 0.1) is 5.92 Å². The molecule has 21 heavy (non-hydrogen) atoms. The van der Waals surface area contributed by atoms with Crippen molar-refractivity contribution in [3.8, 4) is 0 Å². The highest BCUT2D eigenvalue weighted by Crippen LogP contribution is 2.60. The number of carbonyl (C=O) groups is 1. The zero-order valence-corrected chi connectivity index (χ0v) is 12.8. The summed E-state index contributed by atoms with van der Waals surface area (Å²) in [5, 5.41) is 3.01. The number of urea groups is 1. The Balaban J connectivity index is 1.56. The third kappa shape index (κ3) is 1.81. The maximum atomic E-state index is 12.6. The Morgan fingerprint density at radius 2 is 2.00 bits per heavy atom. The van der Waals surface area contributed by atoms with Crippen molar-refractivity contribution >= 4 is 11.7 Å². The number of nitrogens with one attached hydrogen (secondary N) is 1. The maximum absolute atomic E-state index is 12.6. The number of rotatable bonds is 1. The van der Waals surface area contributed by atoms with Crippen LogP contribution in [-0.2, 0) is 4.74 Å². The van der Waals surface area contributed by atoms with Gasteiger partial charge in [0.1, 0.15) is 0 Å². The predicted octanol–water partition coefficient (Wildman–Crippen LogP) is 3.25. The predicted molar refractivity (Wildman–Crippen MR) is 81.2 cm³/mol. The number of likely N-dealkylation sites (tertiary alicyclic amines) is 1. The summed E-state index contributed by atoms with van der Waals surface area (Å²) in [6.45, 7) is 6.49. The number of ether oxygens (including phenoxy) is 1. The molecule has 0 unspecified atom stereocenters. The van der Waals surface area contributed by atoms with Crippen LogP contribution in [0.15, 0.2) is 30.3 Å². The van der Waals surface area contributed by atoms with Gasteiger partial charge in [-0.3, -0.25) is 0 Å². The lowest BCUT2D eigenvalue weighted by Crippen LogP contribution is -2.58. The third-order valence-electron chi connectivity index (χ3n) is 5.49. The van der Waals surface area contributed by atoms with Gasteiger partial charge in [0.05, 0.1) is 23.3 Å². The fraction of sp³-hybridized carbons (Fsp3) is 0.588. The molecule has 112 valence electrons. The zero-order valence-electron chi connectivity index (χ0n) is 12.8. The Morgan fingerprint density at radius 1 is 1.29 bits per heavy atom. The number of amides is 2. The van der Waals surface area contributed by atoms with Gasteiger partial charge in [-0.25, -0.2) is 4.79 Å². The van der Waals surface area contributed by atoms with E-state index in [4.69, 9.17) is 4.74 Å². The van der Waals surface area contributed by atoms with Gasteiger partial charge in [0, 0.05) is 11.6 Å². The van der Waals surface area contributed by atoms with Gasteiger partial charge in [-0.05, 0) is 45.7 Å². The van der Waals surface area contributed by atoms with Crippen LogP contribution in [0.5, 0.6) is 0 Å². The van der Waals surface area contributed by atoms with Gasteiger partial charge < -0.3 is 15.0 Å². The van der Waals surface area contributed by atoms with E-state index in [1.54, 1.807) is 0 Å². The van der Waals surface area contributed by atoms with E-state index in [1.807, 2.05) is 35.2 Å². The van der Waals surface area contributed by atoms with Crippen LogP contribution in [-0.4, -0.2) is 34.2 Å². The monoisotopic (exact) mass is 286 g/mol. The minimum Gasteiger partial charge on any atom is -0.367 e. The van der Waals surface area contributed by atoms with Crippen molar-refractivity contribution in [1.82, 2.24) is 4.90 Å². The van der Waals surface area contributed by atoms with Gasteiger partial charge in [-0.2, -0.15) is 0 Å². The Hall–Kier alpha value is -1.55. The van der Waals surface area contributed by atoms with Crippen molar-refractivity contribution in [1.29, 1.82) is 0 Å². The molecule has 2 amide bonds. The molecule has 3 aliphatic heterocycles. The molecule has 4 fully saturated rings. The van der Waals surface area contributed by atoms with E-state index in [1.165, 1.54) is 0 Å². The number of para-hydroxylation sites is 1. The quantitative estimate of drug-likeness (QED) is 0.805. The number of hydrogen-bond acceptors (Lipinski definition) is 2. The van der Waals surface area contributed by atoms with Crippen molar-refractivity contribution in [3.63, 3.8) is 0 Å². The average molecular weight is 286 g/mol. The molecule has 0 aromatic heterocycles. The molecule has 5 rings (SSSR count). The summed E-state index contributed by atoms with van der Waals surface area (Å²) < 4.78 is 6.32. The molecule has 0 spiro atoms. The fourth-order valence-corrected chi connectivity index (χ4v) is 4.60. The van der Waals surface area contributed by atoms with Crippen LogP contribution in [0.3, 0.4) is 0 Å². The van der Waals surface area contributed by atoms with Crippen molar-refractivity contribution in [2.24, 2.45) is 5.92 Å². The summed E-state index contributed by atoms with van der Waals surface area (Å²) in [5.41, 5.74) is 0.538. The van der Waals surface area contributed by atoms with Crippen LogP contribution in [0.25, 0.3) is 0 Å². The standard InChI is InChI=1S/C17H22N2O2/c1-16(2)12-9-10-17(3,21-16)14-13(12)19(14)15(20)18-11-7-5-4-6-8-11/h4-8,12-14H,9-10H2,1-3H3,(H,18,20)/t12-,13-,14+,17-,19?/m1/s1. The van der Waals surface area contributed by atoms with Gasteiger partial charge in [0.15, 0.2) is 0 Å². The fourth-order valence-electron chi connectivity index (χ4n) is 4.60. The number of anilines is 1. The van der Waals surface area contributed by atoms with E-state index in [-0.39, 0.29) is 23.3 Å². The third-order valence-corrected chi connectivity index (χ3v) is 5.49. The molecule has 4 heteroatoms. The topological polar surface area (TPSA) is 41.3 Å². The van der Waals surface area contributed by atoms with Crippen LogP contribution >= 0.6 is 0 Å². The van der Waals surface area contributed by atoms with Crippen molar-refractivity contribution in [3.05, 3.63) is 30.3 Å². The van der Waals surface area contributed by atoms with Gasteiger partial charge >= 0.3 is 6.03 Å². The summed E-state index contributed by atoms with van der Waals surface area (Å²) in [6, 6.07) is 10.2. The first-order valence-electron chi connectivity index (χ1n) is 7.77. The number of benzene rings is 1. The Labute approximate surface area is 125 Å². The first-order valence-corrected chi connectivity index (χ1v) is 7.77. The highest BCUT2D eigenvalue weighted by atomic mass is 16.5. The van der Waals surface area contributed by atoms with Crippen molar-refractivity contribution in [2.75, 3.05) is 5.32 Å². The molecular formula is C17H22N2O2. The second-order valence-corrected chi connectivity index (χ2v) is 7.30. The van der Waals surface area contributed by atoms with E-state index in [0.29, 0.717) is 12.0 Å². The molecule has 1 aliphatic carbocycles. The normalized spacial score (nSPS) is 38.8. The van der Waals surface area contributed by atoms with E-state index < -0.39 is 0 Å². The molecule has 3 heterocycles. The molecule has 1 saturated carbocycles. The number of carbonyl (C=O) groups excluding carboxylic acids is 1. The molecule has 0 radical (unpaired) electrons. The minimum absolute atomic E-state index is 0.00984. The van der Waals surface area contributed by atoms with E-state index in [9.17, 15) is 4.79 Å². The van der Waals surface area contributed by atoms with Crippen LogP contribution in [0.2, 0.25) is 0 Å². The number of nitrogens with zero attached hydrogens (tertiary/aromatic N) is 1. The summed E-state index contributed by atoms with van der Waals surface area (Å²) in [4.78, 5) is 14.6. The van der Waals surface area contributed by atoms with Gasteiger partial charge in [0.2, 0.25) is 0 Å². The second-order valence-electron chi connectivity index (χ2n) is 7.30. The highest BCUT2D eigenvalue weighted by Gasteiger charge is 2.72. The molecule has 1 aromatic rings. The van der Waals surface area contributed by atoms with Crippen molar-refractivity contribution in [2.45, 2.75) is 56.9 Å². The molecule has 4 atom stereocenters. The van der Waals surface area contributed by atoms with Crippen molar-refractivity contribution < 1.29 is 9.53 Å². The Bertz CT molecular complexity index is 586. The Morgan fingerprint density at radius 3 is 2.67 bits per heavy atom. The number of fused-ring (bicyclic) bond motifs is 2. The molecule has 1 N–H and O–H groups in total. The largest absolute Gasteiger partial charge is 0.367 e. The van der Waals surface area contributed by atoms with E-state index in [2.05, 4.69) is 26.1 Å². The molecule has 4 nitrogen and oxygen atoms in total. The molecule has 2 bridgehead atoms. The lowest BCUT2D eigenvalue weighted by Gasteiger charge is -2.51. The summed E-state index contributed by atoms with van der Waals surface area (Å²) in [7, 11) is 0. The van der Waals surface area contributed by atoms with Crippen LogP contribution in [0.4, 0.5) is 10.5 Å². The van der Waals surface area contributed by atoms with E-state index in [0.717, 1.165) is 18.5 Å². The lowest BCUT2D eigenvalue weighted by atomic mass is 9.69. The van der Waals surface area contributed by atoms with Gasteiger partial charge in [-0.1, -0.05) is 18.2 Å². The molecular weight excluding hydrogens is 264 g/mol.